The number of fused-ring (bicyclic) bond motifs is 10. The monoisotopic (exact) mass is 576 g/mol. The summed E-state index contributed by atoms with van der Waals surface area (Å²) in [5.41, 5.74) is 4.55. The molecule has 0 aliphatic carbocycles. The Morgan fingerprint density at radius 1 is 1.02 bits per heavy atom. The van der Waals surface area contributed by atoms with Crippen LogP contribution >= 0.6 is 11.6 Å². The lowest BCUT2D eigenvalue weighted by Gasteiger charge is -2.28. The predicted octanol–water partition coefficient (Wildman–Crippen LogP) is 8.39. The van der Waals surface area contributed by atoms with Crippen LogP contribution in [-0.2, 0) is 25.7 Å². The number of nitrogens with zero attached hydrogens (tertiary/aromatic N) is 3. The molecule has 0 spiro atoms. The minimum Gasteiger partial charge on any atom is -0.491 e. The van der Waals surface area contributed by atoms with Gasteiger partial charge in [-0.2, -0.15) is 13.2 Å². The molecule has 7 rings (SSSR count). The summed E-state index contributed by atoms with van der Waals surface area (Å²) in [6.45, 7) is 6.08. The minimum absolute atomic E-state index is 0.147. The van der Waals surface area contributed by atoms with Gasteiger partial charge < -0.3 is 4.74 Å². The van der Waals surface area contributed by atoms with E-state index in [1.807, 2.05) is 30.5 Å². The molecule has 0 amide bonds. The summed E-state index contributed by atoms with van der Waals surface area (Å²) in [4.78, 5) is 6.62. The molecule has 1 aliphatic heterocycles. The van der Waals surface area contributed by atoms with Gasteiger partial charge in [0.25, 0.3) is 0 Å². The van der Waals surface area contributed by atoms with Gasteiger partial charge in [-0.3, -0.25) is 19.5 Å². The molecule has 0 saturated carbocycles. The van der Waals surface area contributed by atoms with Crippen molar-refractivity contribution in [3.63, 3.8) is 0 Å². The first-order chi connectivity index (χ1) is 19.7. The minimum atomic E-state index is -4.45. The maximum Gasteiger partial charge on any atom is 0.416 e. The molecule has 210 valence electrons. The highest BCUT2D eigenvalue weighted by Gasteiger charge is 2.34. The number of hydrogen-bond acceptors (Lipinski definition) is 3. The molecule has 0 unspecified atom stereocenters. The molecule has 4 heterocycles. The average molecular weight is 577 g/mol. The molecule has 6 aromatic rings. The van der Waals surface area contributed by atoms with Gasteiger partial charge in [-0.1, -0.05) is 43.6 Å². The quantitative estimate of drug-likeness (QED) is 0.210. The molecule has 1 aliphatic rings. The number of nitrogens with one attached hydrogen (secondary N) is 1. The van der Waals surface area contributed by atoms with E-state index in [2.05, 4.69) is 45.5 Å². The van der Waals surface area contributed by atoms with Crippen molar-refractivity contribution in [3.05, 3.63) is 88.2 Å². The zero-order valence-corrected chi connectivity index (χ0v) is 23.4. The summed E-state index contributed by atoms with van der Waals surface area (Å²) in [7, 11) is 0. The van der Waals surface area contributed by atoms with Crippen molar-refractivity contribution in [2.45, 2.75) is 39.5 Å². The van der Waals surface area contributed by atoms with Crippen LogP contribution in [0.5, 0.6) is 5.75 Å². The van der Waals surface area contributed by atoms with E-state index in [1.165, 1.54) is 12.1 Å². The number of para-hydroxylation sites is 1. The number of H-pyrrole nitrogens is 1. The topological polar surface area (TPSA) is 45.6 Å². The number of halogens is 4. The summed E-state index contributed by atoms with van der Waals surface area (Å²) in [6.07, 6.45) is -1.96. The van der Waals surface area contributed by atoms with Crippen molar-refractivity contribution in [2.75, 3.05) is 13.2 Å². The summed E-state index contributed by atoms with van der Waals surface area (Å²) >= 11 is 6.14. The molecule has 9 heteroatoms. The van der Waals surface area contributed by atoms with Crippen LogP contribution in [0.4, 0.5) is 13.2 Å². The Bertz CT molecular complexity index is 1960. The van der Waals surface area contributed by atoms with Crippen LogP contribution in [0, 0.1) is 5.92 Å². The van der Waals surface area contributed by atoms with Crippen LogP contribution < -0.4 is 4.74 Å². The lowest BCUT2D eigenvalue weighted by atomic mass is 9.97. The van der Waals surface area contributed by atoms with E-state index in [1.54, 1.807) is 0 Å². The summed E-state index contributed by atoms with van der Waals surface area (Å²) in [5, 5.41) is 8.22. The van der Waals surface area contributed by atoms with Crippen molar-refractivity contribution in [1.29, 1.82) is 0 Å². The molecule has 1 N–H and O–H groups in total. The molecule has 3 aromatic heterocycles. The lowest BCUT2D eigenvalue weighted by molar-refractivity contribution is -0.138. The Morgan fingerprint density at radius 3 is 2.68 bits per heavy atom. The van der Waals surface area contributed by atoms with Crippen molar-refractivity contribution in [2.24, 2.45) is 5.92 Å². The molecule has 0 bridgehead atoms. The molecule has 0 saturated heterocycles. The van der Waals surface area contributed by atoms with Gasteiger partial charge in [0.2, 0.25) is 0 Å². The molecule has 0 radical (unpaired) electrons. The molecular formula is C32H28ClF3N4O. The van der Waals surface area contributed by atoms with Crippen molar-refractivity contribution < 1.29 is 17.9 Å². The molecule has 5 nitrogen and oxygen atoms in total. The van der Waals surface area contributed by atoms with Crippen LogP contribution in [0.1, 0.15) is 36.2 Å². The normalized spacial score (nSPS) is 14.6. The Hall–Kier alpha value is -3.75. The lowest BCUT2D eigenvalue weighted by Crippen LogP contribution is -2.30. The first-order valence-electron chi connectivity index (χ1n) is 13.7. The first kappa shape index (κ1) is 26.2. The highest BCUT2D eigenvalue weighted by Crippen LogP contribution is 2.41. The van der Waals surface area contributed by atoms with Crippen LogP contribution in [0.3, 0.4) is 0 Å². The summed E-state index contributed by atoms with van der Waals surface area (Å²) in [6, 6.07) is 16.1. The molecule has 3 aromatic carbocycles. The highest BCUT2D eigenvalue weighted by atomic mass is 35.5. The second-order valence-electron chi connectivity index (χ2n) is 11.2. The van der Waals surface area contributed by atoms with Gasteiger partial charge in [0, 0.05) is 64.7 Å². The van der Waals surface area contributed by atoms with Crippen molar-refractivity contribution in [1.82, 2.24) is 19.5 Å². The fourth-order valence-corrected chi connectivity index (χ4v) is 6.36. The largest absolute Gasteiger partial charge is 0.491 e. The highest BCUT2D eigenvalue weighted by molar-refractivity contribution is 6.30. The second-order valence-corrected chi connectivity index (χ2v) is 11.7. The van der Waals surface area contributed by atoms with Gasteiger partial charge in [-0.25, -0.2) is 0 Å². The SMILES string of the molecule is CC(C)COc1cccc2c3ccc4nccc4c3c3c4c([nH]n3c12)CCN(Cc1cc(Cl)ccc1C(F)(F)F)C4. The van der Waals surface area contributed by atoms with Gasteiger partial charge in [0.1, 0.15) is 11.3 Å². The Kier molecular flexibility index (Phi) is 6.17. The third-order valence-electron chi connectivity index (χ3n) is 7.95. The molecule has 0 fully saturated rings. The zero-order chi connectivity index (χ0) is 28.5. The smallest absolute Gasteiger partial charge is 0.416 e. The van der Waals surface area contributed by atoms with E-state index in [-0.39, 0.29) is 12.1 Å². The third kappa shape index (κ3) is 4.41. The predicted molar refractivity (Wildman–Crippen MR) is 157 cm³/mol. The number of benzene rings is 3. The standard InChI is InChI=1S/C32H28ClF3N4O/c1-18(2)17-41-28-5-3-4-22-21-7-9-26-23(10-12-37-26)29(21)31-24-16-39(13-11-27(24)38-40(31)30(22)28)15-19-14-20(33)6-8-25(19)32(34,35)36/h3-10,12,14,18,38H,11,13,15-17H2,1-2H3. The van der Waals surface area contributed by atoms with E-state index in [4.69, 9.17) is 16.3 Å². The van der Waals surface area contributed by atoms with E-state index >= 15 is 0 Å². The van der Waals surface area contributed by atoms with Crippen LogP contribution in [0.25, 0.3) is 38.1 Å². The second kappa shape index (κ2) is 9.67. The van der Waals surface area contributed by atoms with E-state index < -0.39 is 11.7 Å². The fourth-order valence-electron chi connectivity index (χ4n) is 6.17. The maximum atomic E-state index is 13.8. The number of pyridine rings is 1. The summed E-state index contributed by atoms with van der Waals surface area (Å²) < 4.78 is 49.9. The van der Waals surface area contributed by atoms with Gasteiger partial charge in [0.15, 0.2) is 0 Å². The number of alkyl halides is 3. The van der Waals surface area contributed by atoms with Gasteiger partial charge in [-0.05, 0) is 53.3 Å². The van der Waals surface area contributed by atoms with E-state index in [0.717, 1.165) is 61.2 Å². The number of rotatable bonds is 5. The number of hydrogen-bond donors (Lipinski definition) is 1. The van der Waals surface area contributed by atoms with Gasteiger partial charge in [-0.15, -0.1) is 0 Å². The van der Waals surface area contributed by atoms with Crippen molar-refractivity contribution in [3.8, 4) is 5.75 Å². The Morgan fingerprint density at radius 2 is 1.88 bits per heavy atom. The molecule has 0 atom stereocenters. The number of ether oxygens (including phenoxy) is 1. The van der Waals surface area contributed by atoms with Crippen molar-refractivity contribution >= 4 is 49.7 Å². The Labute approximate surface area is 239 Å². The first-order valence-corrected chi connectivity index (χ1v) is 14.1. The Balaban J connectivity index is 1.44. The van der Waals surface area contributed by atoms with Crippen LogP contribution in [-0.4, -0.2) is 32.6 Å². The van der Waals surface area contributed by atoms with Crippen LogP contribution in [0.2, 0.25) is 5.02 Å². The van der Waals surface area contributed by atoms with E-state index in [9.17, 15) is 13.2 Å². The van der Waals surface area contributed by atoms with E-state index in [0.29, 0.717) is 37.1 Å². The average Bonchev–Trinajstić information content (AvgIpc) is 3.56. The van der Waals surface area contributed by atoms with Gasteiger partial charge in [0.05, 0.1) is 23.2 Å². The third-order valence-corrected chi connectivity index (χ3v) is 8.18. The van der Waals surface area contributed by atoms with Crippen LogP contribution in [0.15, 0.2) is 60.8 Å². The molecular weight excluding hydrogens is 549 g/mol. The summed E-state index contributed by atoms with van der Waals surface area (Å²) in [5.74, 6) is 1.15. The fraction of sp³-hybridized carbons (Fsp3) is 0.281. The van der Waals surface area contributed by atoms with Gasteiger partial charge >= 0.3 is 6.18 Å². The molecule has 41 heavy (non-hydrogen) atoms. The zero-order valence-electron chi connectivity index (χ0n) is 22.6. The number of aromatic amines is 1. The number of aromatic nitrogens is 3. The maximum absolute atomic E-state index is 13.8.